The van der Waals surface area contributed by atoms with Gasteiger partial charge in [-0.3, -0.25) is 5.10 Å². The molecule has 0 saturated carbocycles. The van der Waals surface area contributed by atoms with Crippen LogP contribution in [-0.4, -0.2) is 20.2 Å². The van der Waals surface area contributed by atoms with Gasteiger partial charge in [0.15, 0.2) is 0 Å². The number of nitrogens with zero attached hydrogens (tertiary/aromatic N) is 2. The Bertz CT molecular complexity index is 962. The lowest BCUT2D eigenvalue weighted by atomic mass is 10.0. The van der Waals surface area contributed by atoms with Gasteiger partial charge in [0.1, 0.15) is 5.82 Å². The summed E-state index contributed by atoms with van der Waals surface area (Å²) in [6.07, 6.45) is 1.83. The SMILES string of the molecule is Cc1cccc(-c2nc(C)[nH]c2-c2ccc3cn[nH]c3c2)c1. The van der Waals surface area contributed by atoms with Crippen molar-refractivity contribution in [1.29, 1.82) is 0 Å². The number of hydrogen-bond donors (Lipinski definition) is 2. The normalized spacial score (nSPS) is 11.2. The molecule has 0 bridgehead atoms. The Balaban J connectivity index is 1.91. The van der Waals surface area contributed by atoms with Crippen LogP contribution >= 0.6 is 0 Å². The zero-order chi connectivity index (χ0) is 15.1. The van der Waals surface area contributed by atoms with E-state index in [1.807, 2.05) is 13.1 Å². The first-order valence-electron chi connectivity index (χ1n) is 7.28. The van der Waals surface area contributed by atoms with Gasteiger partial charge in [0.2, 0.25) is 0 Å². The van der Waals surface area contributed by atoms with Crippen molar-refractivity contribution in [2.75, 3.05) is 0 Å². The molecule has 4 nitrogen and oxygen atoms in total. The van der Waals surface area contributed by atoms with Gasteiger partial charge in [0.05, 0.1) is 23.1 Å². The fraction of sp³-hybridized carbons (Fsp3) is 0.111. The van der Waals surface area contributed by atoms with Crippen LogP contribution in [0.5, 0.6) is 0 Å². The van der Waals surface area contributed by atoms with Crippen LogP contribution in [0, 0.1) is 13.8 Å². The topological polar surface area (TPSA) is 57.4 Å². The largest absolute Gasteiger partial charge is 0.342 e. The molecule has 4 rings (SSSR count). The molecule has 2 aromatic carbocycles. The lowest BCUT2D eigenvalue weighted by Crippen LogP contribution is -1.85. The summed E-state index contributed by atoms with van der Waals surface area (Å²) in [4.78, 5) is 8.08. The predicted octanol–water partition coefficient (Wildman–Crippen LogP) is 4.24. The number of aromatic amines is 2. The van der Waals surface area contributed by atoms with Gasteiger partial charge in [-0.05, 0) is 26.0 Å². The molecule has 22 heavy (non-hydrogen) atoms. The molecule has 0 aliphatic heterocycles. The summed E-state index contributed by atoms with van der Waals surface area (Å²) in [5.41, 5.74) is 6.52. The Labute approximate surface area is 128 Å². The van der Waals surface area contributed by atoms with Gasteiger partial charge < -0.3 is 4.98 Å². The van der Waals surface area contributed by atoms with Crippen molar-refractivity contribution < 1.29 is 0 Å². The lowest BCUT2D eigenvalue weighted by Gasteiger charge is -2.04. The van der Waals surface area contributed by atoms with Crippen LogP contribution < -0.4 is 0 Å². The highest BCUT2D eigenvalue weighted by molar-refractivity contribution is 5.86. The molecular formula is C18H16N4. The van der Waals surface area contributed by atoms with Gasteiger partial charge in [-0.25, -0.2) is 4.98 Å². The third-order valence-corrected chi connectivity index (χ3v) is 3.84. The highest BCUT2D eigenvalue weighted by Crippen LogP contribution is 2.31. The summed E-state index contributed by atoms with van der Waals surface area (Å²) in [7, 11) is 0. The van der Waals surface area contributed by atoms with Crippen molar-refractivity contribution in [1.82, 2.24) is 20.2 Å². The van der Waals surface area contributed by atoms with E-state index in [1.165, 1.54) is 5.56 Å². The Morgan fingerprint density at radius 3 is 2.73 bits per heavy atom. The molecule has 2 N–H and O–H groups in total. The number of benzene rings is 2. The van der Waals surface area contributed by atoms with Gasteiger partial charge in [0, 0.05) is 16.5 Å². The number of hydrogen-bond acceptors (Lipinski definition) is 2. The van der Waals surface area contributed by atoms with E-state index in [0.717, 1.165) is 39.2 Å². The first-order chi connectivity index (χ1) is 10.7. The standard InChI is InChI=1S/C18H16N4/c1-11-4-3-5-13(8-11)17-18(21-12(2)20-17)14-6-7-15-10-19-22-16(15)9-14/h3-10H,1-2H3,(H,19,22)(H,20,21). The molecule has 0 spiro atoms. The zero-order valence-electron chi connectivity index (χ0n) is 12.5. The summed E-state index contributed by atoms with van der Waals surface area (Å²) in [5, 5.41) is 8.21. The molecule has 0 amide bonds. The van der Waals surface area contributed by atoms with Crippen molar-refractivity contribution >= 4 is 10.9 Å². The molecule has 2 heterocycles. The second-order valence-electron chi connectivity index (χ2n) is 5.59. The molecule has 108 valence electrons. The second-order valence-corrected chi connectivity index (χ2v) is 5.59. The maximum atomic E-state index is 4.68. The first-order valence-corrected chi connectivity index (χ1v) is 7.28. The monoisotopic (exact) mass is 288 g/mol. The Hall–Kier alpha value is -2.88. The number of rotatable bonds is 2. The Morgan fingerprint density at radius 2 is 1.86 bits per heavy atom. The fourth-order valence-electron chi connectivity index (χ4n) is 2.79. The fourth-order valence-corrected chi connectivity index (χ4v) is 2.79. The average molecular weight is 288 g/mol. The van der Waals surface area contributed by atoms with Gasteiger partial charge in [-0.15, -0.1) is 0 Å². The van der Waals surface area contributed by atoms with E-state index in [-0.39, 0.29) is 0 Å². The molecule has 0 aliphatic rings. The molecule has 0 saturated heterocycles. The van der Waals surface area contributed by atoms with Crippen LogP contribution in [0.25, 0.3) is 33.4 Å². The van der Waals surface area contributed by atoms with Crippen molar-refractivity contribution in [3.63, 3.8) is 0 Å². The van der Waals surface area contributed by atoms with Crippen LogP contribution in [0.4, 0.5) is 0 Å². The van der Waals surface area contributed by atoms with Crippen molar-refractivity contribution in [3.8, 4) is 22.5 Å². The highest BCUT2D eigenvalue weighted by atomic mass is 15.1. The number of H-pyrrole nitrogens is 2. The zero-order valence-corrected chi connectivity index (χ0v) is 12.5. The average Bonchev–Trinajstić information content (AvgIpc) is 3.12. The van der Waals surface area contributed by atoms with E-state index < -0.39 is 0 Å². The van der Waals surface area contributed by atoms with Crippen molar-refractivity contribution in [2.24, 2.45) is 0 Å². The lowest BCUT2D eigenvalue weighted by molar-refractivity contribution is 1.12. The third-order valence-electron chi connectivity index (χ3n) is 3.84. The summed E-state index contributed by atoms with van der Waals surface area (Å²) < 4.78 is 0. The van der Waals surface area contributed by atoms with E-state index in [2.05, 4.69) is 69.6 Å². The summed E-state index contributed by atoms with van der Waals surface area (Å²) in [6.45, 7) is 4.08. The van der Waals surface area contributed by atoms with Crippen molar-refractivity contribution in [3.05, 3.63) is 60.0 Å². The smallest absolute Gasteiger partial charge is 0.104 e. The van der Waals surface area contributed by atoms with E-state index in [9.17, 15) is 0 Å². The van der Waals surface area contributed by atoms with Crippen LogP contribution in [0.1, 0.15) is 11.4 Å². The molecule has 0 fully saturated rings. The highest BCUT2D eigenvalue weighted by Gasteiger charge is 2.13. The van der Waals surface area contributed by atoms with E-state index in [0.29, 0.717) is 0 Å². The molecular weight excluding hydrogens is 272 g/mol. The minimum absolute atomic E-state index is 0.913. The number of aryl methyl sites for hydroxylation is 2. The summed E-state index contributed by atoms with van der Waals surface area (Å²) >= 11 is 0. The molecule has 0 unspecified atom stereocenters. The van der Waals surface area contributed by atoms with Crippen LogP contribution in [0.3, 0.4) is 0 Å². The number of nitrogens with one attached hydrogen (secondary N) is 2. The molecule has 0 atom stereocenters. The van der Waals surface area contributed by atoms with Gasteiger partial charge in [-0.1, -0.05) is 35.9 Å². The molecule has 2 aromatic heterocycles. The van der Waals surface area contributed by atoms with Crippen LogP contribution in [0.2, 0.25) is 0 Å². The number of aromatic nitrogens is 4. The number of imidazole rings is 1. The maximum Gasteiger partial charge on any atom is 0.104 e. The summed E-state index contributed by atoms with van der Waals surface area (Å²) in [6, 6.07) is 14.7. The minimum atomic E-state index is 0.913. The second kappa shape index (κ2) is 4.84. The van der Waals surface area contributed by atoms with Gasteiger partial charge >= 0.3 is 0 Å². The molecule has 4 aromatic rings. The summed E-state index contributed by atoms with van der Waals surface area (Å²) in [5.74, 6) is 0.913. The Kier molecular flexibility index (Phi) is 2.82. The number of fused-ring (bicyclic) bond motifs is 1. The van der Waals surface area contributed by atoms with Crippen molar-refractivity contribution in [2.45, 2.75) is 13.8 Å². The van der Waals surface area contributed by atoms with Gasteiger partial charge in [0.25, 0.3) is 0 Å². The van der Waals surface area contributed by atoms with Crippen LogP contribution in [0.15, 0.2) is 48.7 Å². The quantitative estimate of drug-likeness (QED) is 0.579. The molecule has 0 aliphatic carbocycles. The predicted molar refractivity (Wildman–Crippen MR) is 88.6 cm³/mol. The van der Waals surface area contributed by atoms with E-state index >= 15 is 0 Å². The van der Waals surface area contributed by atoms with Crippen LogP contribution in [-0.2, 0) is 0 Å². The van der Waals surface area contributed by atoms with Gasteiger partial charge in [-0.2, -0.15) is 5.10 Å². The molecule has 4 heteroatoms. The first kappa shape index (κ1) is 12.8. The van der Waals surface area contributed by atoms with E-state index in [1.54, 1.807) is 0 Å². The third kappa shape index (κ3) is 2.09. The molecule has 0 radical (unpaired) electrons. The minimum Gasteiger partial charge on any atom is -0.342 e. The maximum absolute atomic E-state index is 4.68. The Morgan fingerprint density at radius 1 is 0.955 bits per heavy atom. The van der Waals surface area contributed by atoms with E-state index in [4.69, 9.17) is 0 Å².